The molecule has 2 aromatic carbocycles. The quantitative estimate of drug-likeness (QED) is 0.778. The van der Waals surface area contributed by atoms with Crippen LogP contribution in [0.2, 0.25) is 0 Å². The highest BCUT2D eigenvalue weighted by molar-refractivity contribution is 6.04. The predicted octanol–water partition coefficient (Wildman–Crippen LogP) is 2.55. The maximum absolute atomic E-state index is 12.5. The number of nitrogens with zero attached hydrogens (tertiary/aromatic N) is 2. The number of aromatic nitrogens is 2. The maximum Gasteiger partial charge on any atom is 0.229 e. The zero-order valence-electron chi connectivity index (χ0n) is 12.9. The topological polar surface area (TPSA) is 78.1 Å². The lowest BCUT2D eigenvalue weighted by Crippen LogP contribution is -2.28. The highest BCUT2D eigenvalue weighted by Gasteiger charge is 2.35. The Morgan fingerprint density at radius 3 is 2.88 bits per heavy atom. The predicted molar refractivity (Wildman–Crippen MR) is 91.6 cm³/mol. The number of hydrogen-bond donors (Lipinski definition) is 2. The Hall–Kier alpha value is -3.15. The van der Waals surface area contributed by atoms with Crippen LogP contribution in [0.25, 0.3) is 10.9 Å². The largest absolute Gasteiger partial charge is 0.326 e. The third-order valence-electron chi connectivity index (χ3n) is 4.27. The summed E-state index contributed by atoms with van der Waals surface area (Å²) in [5, 5.41) is 10.7. The number of carbonyl (C=O) groups excluding carboxylic acids is 2. The maximum atomic E-state index is 12.5. The van der Waals surface area contributed by atoms with Gasteiger partial charge < -0.3 is 10.2 Å². The van der Waals surface area contributed by atoms with Crippen molar-refractivity contribution < 1.29 is 9.59 Å². The molecular weight excluding hydrogens is 304 g/mol. The number of carbonyl (C=O) groups is 2. The molecule has 2 amide bonds. The van der Waals surface area contributed by atoms with Gasteiger partial charge in [0.25, 0.3) is 0 Å². The Morgan fingerprint density at radius 2 is 2.04 bits per heavy atom. The number of benzene rings is 2. The smallest absolute Gasteiger partial charge is 0.229 e. The molecule has 120 valence electrons. The molecule has 4 rings (SSSR count). The molecule has 3 aromatic rings. The van der Waals surface area contributed by atoms with E-state index in [9.17, 15) is 9.59 Å². The zero-order chi connectivity index (χ0) is 16.5. The fourth-order valence-electron chi connectivity index (χ4n) is 3.00. The van der Waals surface area contributed by atoms with Crippen LogP contribution in [-0.2, 0) is 9.59 Å². The van der Waals surface area contributed by atoms with E-state index in [0.717, 1.165) is 16.6 Å². The van der Waals surface area contributed by atoms with Crippen molar-refractivity contribution in [2.24, 2.45) is 5.92 Å². The number of hydrogen-bond acceptors (Lipinski definition) is 3. The average Bonchev–Trinajstić information content (AvgIpc) is 3.21. The van der Waals surface area contributed by atoms with Gasteiger partial charge in [0.2, 0.25) is 11.8 Å². The first-order chi connectivity index (χ1) is 11.7. The molecule has 1 aliphatic rings. The monoisotopic (exact) mass is 320 g/mol. The molecule has 1 aromatic heterocycles. The number of anilines is 2. The minimum absolute atomic E-state index is 0.0228. The molecule has 24 heavy (non-hydrogen) atoms. The van der Waals surface area contributed by atoms with Gasteiger partial charge in [-0.1, -0.05) is 18.2 Å². The fraction of sp³-hybridized carbons (Fsp3) is 0.167. The SMILES string of the molecule is O=C(Nc1ccc2cn[nH]c2c1)[C@@H]1CC(=O)N(c2ccccc2)C1. The van der Waals surface area contributed by atoms with E-state index in [1.807, 2.05) is 48.5 Å². The van der Waals surface area contributed by atoms with Crippen molar-refractivity contribution in [2.75, 3.05) is 16.8 Å². The highest BCUT2D eigenvalue weighted by Crippen LogP contribution is 2.26. The van der Waals surface area contributed by atoms with Crippen LogP contribution < -0.4 is 10.2 Å². The summed E-state index contributed by atoms with van der Waals surface area (Å²) in [7, 11) is 0. The van der Waals surface area contributed by atoms with Crippen LogP contribution in [-0.4, -0.2) is 28.6 Å². The first kappa shape index (κ1) is 14.4. The Bertz CT molecular complexity index is 904. The molecule has 2 N–H and O–H groups in total. The number of nitrogens with one attached hydrogen (secondary N) is 2. The summed E-state index contributed by atoms with van der Waals surface area (Å²) < 4.78 is 0. The molecule has 6 nitrogen and oxygen atoms in total. The molecule has 2 heterocycles. The van der Waals surface area contributed by atoms with Crippen molar-refractivity contribution in [3.8, 4) is 0 Å². The van der Waals surface area contributed by atoms with Gasteiger partial charge in [0.05, 0.1) is 17.6 Å². The lowest BCUT2D eigenvalue weighted by Gasteiger charge is -2.16. The second-order valence-electron chi connectivity index (χ2n) is 5.90. The van der Waals surface area contributed by atoms with Crippen molar-refractivity contribution in [3.63, 3.8) is 0 Å². The van der Waals surface area contributed by atoms with Gasteiger partial charge in [-0.05, 0) is 30.3 Å². The number of fused-ring (bicyclic) bond motifs is 1. The normalized spacial score (nSPS) is 17.4. The van der Waals surface area contributed by atoms with E-state index < -0.39 is 0 Å². The Balaban J connectivity index is 1.48. The van der Waals surface area contributed by atoms with E-state index >= 15 is 0 Å². The highest BCUT2D eigenvalue weighted by atomic mass is 16.2. The van der Waals surface area contributed by atoms with Gasteiger partial charge >= 0.3 is 0 Å². The Morgan fingerprint density at radius 1 is 1.21 bits per heavy atom. The second kappa shape index (κ2) is 5.81. The van der Waals surface area contributed by atoms with Crippen LogP contribution in [0.4, 0.5) is 11.4 Å². The molecule has 1 aliphatic heterocycles. The molecule has 0 saturated carbocycles. The van der Waals surface area contributed by atoms with Gasteiger partial charge in [0, 0.05) is 29.7 Å². The molecule has 0 unspecified atom stereocenters. The number of rotatable bonds is 3. The van der Waals surface area contributed by atoms with Gasteiger partial charge in [-0.25, -0.2) is 0 Å². The van der Waals surface area contributed by atoms with E-state index in [1.54, 1.807) is 11.1 Å². The summed E-state index contributed by atoms with van der Waals surface area (Å²) in [6.07, 6.45) is 1.96. The van der Waals surface area contributed by atoms with Crippen LogP contribution in [0.1, 0.15) is 6.42 Å². The third-order valence-corrected chi connectivity index (χ3v) is 4.27. The number of para-hydroxylation sites is 1. The second-order valence-corrected chi connectivity index (χ2v) is 5.90. The van der Waals surface area contributed by atoms with Gasteiger partial charge in [0.15, 0.2) is 0 Å². The number of amides is 2. The van der Waals surface area contributed by atoms with Crippen molar-refractivity contribution in [1.82, 2.24) is 10.2 Å². The van der Waals surface area contributed by atoms with E-state index in [2.05, 4.69) is 15.5 Å². The summed E-state index contributed by atoms with van der Waals surface area (Å²) in [6, 6.07) is 15.0. The molecule has 0 bridgehead atoms. The average molecular weight is 320 g/mol. The van der Waals surface area contributed by atoms with Gasteiger partial charge in [0.1, 0.15) is 0 Å². The Labute approximate surface area is 138 Å². The molecule has 0 radical (unpaired) electrons. The van der Waals surface area contributed by atoms with E-state index in [4.69, 9.17) is 0 Å². The van der Waals surface area contributed by atoms with E-state index in [0.29, 0.717) is 12.2 Å². The molecule has 1 saturated heterocycles. The van der Waals surface area contributed by atoms with Gasteiger partial charge in [-0.3, -0.25) is 14.7 Å². The molecule has 1 atom stereocenters. The fourth-order valence-corrected chi connectivity index (χ4v) is 3.00. The molecule has 6 heteroatoms. The molecule has 0 aliphatic carbocycles. The first-order valence-corrected chi connectivity index (χ1v) is 7.80. The summed E-state index contributed by atoms with van der Waals surface area (Å²) in [4.78, 5) is 26.4. The standard InChI is InChI=1S/C18H16N4O2/c23-17-8-13(11-22(17)15-4-2-1-3-5-15)18(24)20-14-7-6-12-10-19-21-16(12)9-14/h1-7,9-10,13H,8,11H2,(H,19,21)(H,20,24)/t13-/m1/s1. The summed E-state index contributed by atoms with van der Waals surface area (Å²) in [5.41, 5.74) is 2.39. The van der Waals surface area contributed by atoms with Crippen molar-refractivity contribution >= 4 is 34.1 Å². The third kappa shape index (κ3) is 2.62. The van der Waals surface area contributed by atoms with E-state index in [-0.39, 0.29) is 24.2 Å². The zero-order valence-corrected chi connectivity index (χ0v) is 12.9. The lowest BCUT2D eigenvalue weighted by molar-refractivity contribution is -0.122. The Kier molecular flexibility index (Phi) is 3.49. The number of H-pyrrole nitrogens is 1. The van der Waals surface area contributed by atoms with Crippen LogP contribution >= 0.6 is 0 Å². The molecule has 1 fully saturated rings. The van der Waals surface area contributed by atoms with Crippen LogP contribution in [0, 0.1) is 5.92 Å². The van der Waals surface area contributed by atoms with Crippen molar-refractivity contribution in [2.45, 2.75) is 6.42 Å². The molecule has 0 spiro atoms. The first-order valence-electron chi connectivity index (χ1n) is 7.80. The van der Waals surface area contributed by atoms with Gasteiger partial charge in [-0.2, -0.15) is 5.10 Å². The van der Waals surface area contributed by atoms with Crippen LogP contribution in [0.5, 0.6) is 0 Å². The molecular formula is C18H16N4O2. The lowest BCUT2D eigenvalue weighted by atomic mass is 10.1. The van der Waals surface area contributed by atoms with Crippen molar-refractivity contribution in [3.05, 3.63) is 54.7 Å². The van der Waals surface area contributed by atoms with Crippen molar-refractivity contribution in [1.29, 1.82) is 0 Å². The minimum atomic E-state index is -0.352. The number of aromatic amines is 1. The van der Waals surface area contributed by atoms with E-state index in [1.165, 1.54) is 0 Å². The van der Waals surface area contributed by atoms with Crippen LogP contribution in [0.15, 0.2) is 54.7 Å². The summed E-state index contributed by atoms with van der Waals surface area (Å²) in [6.45, 7) is 0.404. The van der Waals surface area contributed by atoms with Crippen LogP contribution in [0.3, 0.4) is 0 Å². The summed E-state index contributed by atoms with van der Waals surface area (Å²) >= 11 is 0. The minimum Gasteiger partial charge on any atom is -0.326 e. The van der Waals surface area contributed by atoms with Gasteiger partial charge in [-0.15, -0.1) is 0 Å². The summed E-state index contributed by atoms with van der Waals surface area (Å²) in [5.74, 6) is -0.513.